The second kappa shape index (κ2) is 9.03. The Morgan fingerprint density at radius 2 is 1.19 bits per heavy atom. The Labute approximate surface area is 221 Å². The zero-order valence-electron chi connectivity index (χ0n) is 20.0. The highest BCUT2D eigenvalue weighted by Crippen LogP contribution is 2.40. The lowest BCUT2D eigenvalue weighted by atomic mass is 9.91. The van der Waals surface area contributed by atoms with E-state index in [0.717, 1.165) is 55.1 Å². The number of benzene rings is 1. The van der Waals surface area contributed by atoms with Crippen LogP contribution in [0.15, 0.2) is 108 Å². The van der Waals surface area contributed by atoms with Crippen molar-refractivity contribution in [3.63, 3.8) is 0 Å². The van der Waals surface area contributed by atoms with E-state index in [9.17, 15) is 0 Å². The molecule has 7 heteroatoms. The molecule has 0 bridgehead atoms. The number of rotatable bonds is 6. The number of pyridine rings is 2. The number of thiophene rings is 2. The molecule has 37 heavy (non-hydrogen) atoms. The van der Waals surface area contributed by atoms with Gasteiger partial charge in [-0.3, -0.25) is 8.80 Å². The Morgan fingerprint density at radius 1 is 0.649 bits per heavy atom. The molecular weight excluding hydrogens is 496 g/mol. The van der Waals surface area contributed by atoms with Gasteiger partial charge < -0.3 is 4.74 Å². The van der Waals surface area contributed by atoms with Gasteiger partial charge in [0.15, 0.2) is 11.6 Å². The lowest BCUT2D eigenvalue weighted by molar-refractivity contribution is 0.414. The van der Waals surface area contributed by atoms with Crippen molar-refractivity contribution in [3.8, 4) is 27.2 Å². The van der Waals surface area contributed by atoms with Crippen LogP contribution in [0.2, 0.25) is 0 Å². The van der Waals surface area contributed by atoms with Gasteiger partial charge in [-0.1, -0.05) is 36.4 Å². The first-order chi connectivity index (χ1) is 18.3. The lowest BCUT2D eigenvalue weighted by Gasteiger charge is -2.15. The summed E-state index contributed by atoms with van der Waals surface area (Å²) in [7, 11) is 1.69. The van der Waals surface area contributed by atoms with Crippen molar-refractivity contribution in [2.75, 3.05) is 7.11 Å². The van der Waals surface area contributed by atoms with Crippen LogP contribution in [0.25, 0.3) is 32.4 Å². The van der Waals surface area contributed by atoms with E-state index >= 15 is 0 Å². The Kier molecular flexibility index (Phi) is 5.38. The van der Waals surface area contributed by atoms with Gasteiger partial charge in [-0.25, -0.2) is 9.97 Å². The van der Waals surface area contributed by atoms with E-state index in [4.69, 9.17) is 14.7 Å². The molecule has 1 aromatic carbocycles. The van der Waals surface area contributed by atoms with Crippen LogP contribution in [0.4, 0.5) is 0 Å². The Morgan fingerprint density at radius 3 is 1.65 bits per heavy atom. The molecule has 0 aliphatic heterocycles. The predicted molar refractivity (Wildman–Crippen MR) is 151 cm³/mol. The first-order valence-corrected chi connectivity index (χ1v) is 13.7. The van der Waals surface area contributed by atoms with E-state index < -0.39 is 0 Å². The highest BCUT2D eigenvalue weighted by Gasteiger charge is 2.29. The van der Waals surface area contributed by atoms with E-state index in [-0.39, 0.29) is 5.92 Å². The van der Waals surface area contributed by atoms with Gasteiger partial charge in [0.2, 0.25) is 0 Å². The number of aromatic nitrogens is 4. The maximum atomic E-state index is 5.47. The first-order valence-electron chi connectivity index (χ1n) is 12.0. The number of fused-ring (bicyclic) bond motifs is 2. The molecule has 0 saturated carbocycles. The number of nitrogens with zero attached hydrogens (tertiary/aromatic N) is 4. The smallest absolute Gasteiger partial charge is 0.154 e. The van der Waals surface area contributed by atoms with Gasteiger partial charge in [0.05, 0.1) is 45.2 Å². The van der Waals surface area contributed by atoms with Gasteiger partial charge in [0.1, 0.15) is 5.75 Å². The van der Waals surface area contributed by atoms with Crippen LogP contribution in [-0.4, -0.2) is 25.9 Å². The second-order valence-corrected chi connectivity index (χ2v) is 10.6. The van der Waals surface area contributed by atoms with Crippen molar-refractivity contribution in [2.24, 2.45) is 0 Å². The molecule has 0 unspecified atom stereocenters. The number of hydrogen-bond donors (Lipinski definition) is 0. The third-order valence-corrected chi connectivity index (χ3v) is 8.36. The quantitative estimate of drug-likeness (QED) is 0.227. The summed E-state index contributed by atoms with van der Waals surface area (Å²) in [5, 5.41) is 4.19. The van der Waals surface area contributed by atoms with Crippen LogP contribution in [0.3, 0.4) is 0 Å². The molecule has 7 rings (SSSR count). The summed E-state index contributed by atoms with van der Waals surface area (Å²) in [6.45, 7) is 0. The van der Waals surface area contributed by atoms with Crippen LogP contribution < -0.4 is 4.74 Å². The monoisotopic (exact) mass is 518 g/mol. The minimum atomic E-state index is -0.178. The average Bonchev–Trinajstić information content (AvgIpc) is 3.76. The van der Waals surface area contributed by atoms with E-state index in [2.05, 4.69) is 105 Å². The van der Waals surface area contributed by atoms with Crippen molar-refractivity contribution in [1.82, 2.24) is 18.8 Å². The fraction of sp³-hybridized carbons (Fsp3) is 0.0667. The van der Waals surface area contributed by atoms with Crippen LogP contribution >= 0.6 is 22.7 Å². The maximum Gasteiger partial charge on any atom is 0.154 e. The fourth-order valence-corrected chi connectivity index (χ4v) is 6.37. The highest BCUT2D eigenvalue weighted by atomic mass is 32.1. The zero-order chi connectivity index (χ0) is 24.8. The van der Waals surface area contributed by atoms with E-state index in [0.29, 0.717) is 0 Å². The third kappa shape index (κ3) is 3.66. The van der Waals surface area contributed by atoms with Crippen LogP contribution in [-0.2, 0) is 0 Å². The number of ether oxygens (including phenoxy) is 1. The van der Waals surface area contributed by atoms with Gasteiger partial charge in [-0.05, 0) is 64.9 Å². The molecule has 0 saturated heterocycles. The molecule has 5 nitrogen and oxygen atoms in total. The van der Waals surface area contributed by atoms with Crippen LogP contribution in [0.1, 0.15) is 22.9 Å². The van der Waals surface area contributed by atoms with Crippen molar-refractivity contribution in [2.45, 2.75) is 5.92 Å². The molecule has 0 atom stereocenters. The molecular formula is C30H22N4OS2. The standard InChI is InChI=1S/C30H22N4OS2/c1-35-21-14-12-20(13-15-21)26(27-22-8-2-4-16-33(22)29(31-27)24-10-6-18-36-24)28-23-9-3-5-17-34(23)30(32-28)25-11-7-19-37-25/h2-19,26H,1H3. The topological polar surface area (TPSA) is 43.8 Å². The minimum absolute atomic E-state index is 0.178. The summed E-state index contributed by atoms with van der Waals surface area (Å²) in [4.78, 5) is 12.9. The molecule has 0 spiro atoms. The second-order valence-electron chi connectivity index (χ2n) is 8.71. The van der Waals surface area contributed by atoms with Gasteiger partial charge in [-0.15, -0.1) is 22.7 Å². The number of imidazole rings is 2. The normalized spacial score (nSPS) is 11.6. The van der Waals surface area contributed by atoms with Crippen molar-refractivity contribution in [3.05, 3.63) is 125 Å². The first kappa shape index (κ1) is 22.0. The summed E-state index contributed by atoms with van der Waals surface area (Å²) >= 11 is 3.40. The predicted octanol–water partition coefficient (Wildman–Crippen LogP) is 7.63. The average molecular weight is 519 g/mol. The van der Waals surface area contributed by atoms with Crippen molar-refractivity contribution in [1.29, 1.82) is 0 Å². The van der Waals surface area contributed by atoms with Gasteiger partial charge in [-0.2, -0.15) is 0 Å². The molecule has 6 heterocycles. The molecule has 0 aliphatic rings. The SMILES string of the molecule is COc1ccc(C(c2nc(-c3cccs3)n3ccccc23)c2nc(-c3cccs3)n3ccccc23)cc1. The Bertz CT molecular complexity index is 1700. The summed E-state index contributed by atoms with van der Waals surface area (Å²) in [6, 6.07) is 29.2. The summed E-state index contributed by atoms with van der Waals surface area (Å²) in [6.07, 6.45) is 4.18. The van der Waals surface area contributed by atoms with Crippen LogP contribution in [0, 0.1) is 0 Å². The van der Waals surface area contributed by atoms with E-state index in [1.807, 2.05) is 12.1 Å². The number of methoxy groups -OCH3 is 1. The summed E-state index contributed by atoms with van der Waals surface area (Å²) < 4.78 is 9.85. The largest absolute Gasteiger partial charge is 0.497 e. The molecule has 6 aromatic heterocycles. The van der Waals surface area contributed by atoms with E-state index in [1.54, 1.807) is 29.8 Å². The van der Waals surface area contributed by atoms with Crippen molar-refractivity contribution >= 4 is 33.7 Å². The van der Waals surface area contributed by atoms with Gasteiger partial charge in [0.25, 0.3) is 0 Å². The molecule has 0 radical (unpaired) electrons. The molecule has 0 fully saturated rings. The summed E-state index contributed by atoms with van der Waals surface area (Å²) in [5.41, 5.74) is 5.22. The van der Waals surface area contributed by atoms with Gasteiger partial charge >= 0.3 is 0 Å². The zero-order valence-corrected chi connectivity index (χ0v) is 21.6. The molecule has 0 aliphatic carbocycles. The maximum absolute atomic E-state index is 5.47. The Hall–Kier alpha value is -4.20. The third-order valence-electron chi connectivity index (χ3n) is 6.63. The number of hydrogen-bond acceptors (Lipinski definition) is 5. The van der Waals surface area contributed by atoms with Crippen LogP contribution in [0.5, 0.6) is 5.75 Å². The molecule has 0 amide bonds. The molecule has 0 N–H and O–H groups in total. The minimum Gasteiger partial charge on any atom is -0.497 e. The Balaban J connectivity index is 1.53. The van der Waals surface area contributed by atoms with Crippen molar-refractivity contribution < 1.29 is 4.74 Å². The lowest BCUT2D eigenvalue weighted by Crippen LogP contribution is -2.06. The summed E-state index contributed by atoms with van der Waals surface area (Å²) in [5.74, 6) is 2.54. The van der Waals surface area contributed by atoms with E-state index in [1.165, 1.54) is 0 Å². The molecule has 7 aromatic rings. The fourth-order valence-electron chi connectivity index (χ4n) is 4.95. The highest BCUT2D eigenvalue weighted by molar-refractivity contribution is 7.13. The van der Waals surface area contributed by atoms with Gasteiger partial charge in [0, 0.05) is 12.4 Å². The molecule has 180 valence electrons.